The Kier molecular flexibility index (Phi) is 5.89. The van der Waals surface area contributed by atoms with Crippen molar-refractivity contribution in [2.75, 3.05) is 17.7 Å². The van der Waals surface area contributed by atoms with Gasteiger partial charge in [0.1, 0.15) is 5.75 Å². The molecule has 5 nitrogen and oxygen atoms in total. The van der Waals surface area contributed by atoms with Gasteiger partial charge in [-0.1, -0.05) is 37.1 Å². The molecule has 136 valence electrons. The molecule has 2 N–H and O–H groups in total. The van der Waals surface area contributed by atoms with Crippen LogP contribution in [0.5, 0.6) is 5.75 Å². The molecule has 26 heavy (non-hydrogen) atoms. The molecule has 1 aliphatic carbocycles. The van der Waals surface area contributed by atoms with E-state index in [1.54, 1.807) is 30.3 Å². The zero-order valence-electron chi connectivity index (χ0n) is 15.0. The molecule has 0 aliphatic heterocycles. The molecule has 0 heterocycles. The van der Waals surface area contributed by atoms with Gasteiger partial charge in [0.2, 0.25) is 5.91 Å². The summed E-state index contributed by atoms with van der Waals surface area (Å²) in [5.41, 5.74) is 1.63. The van der Waals surface area contributed by atoms with Crippen LogP contribution in [-0.2, 0) is 4.79 Å². The third-order valence-electron chi connectivity index (χ3n) is 4.75. The second-order valence-electron chi connectivity index (χ2n) is 6.60. The molecule has 0 bridgehead atoms. The number of ether oxygens (including phenoxy) is 1. The molecule has 2 amide bonds. The van der Waals surface area contributed by atoms with Crippen molar-refractivity contribution in [3.63, 3.8) is 0 Å². The molecular weight excluding hydrogens is 328 g/mol. The smallest absolute Gasteiger partial charge is 0.259 e. The molecule has 0 aromatic heterocycles. The quantitative estimate of drug-likeness (QED) is 0.806. The van der Waals surface area contributed by atoms with E-state index in [1.165, 1.54) is 20.0 Å². The van der Waals surface area contributed by atoms with E-state index >= 15 is 0 Å². The van der Waals surface area contributed by atoms with Crippen molar-refractivity contribution in [3.8, 4) is 5.75 Å². The number of carbonyl (C=O) groups excluding carboxylic acids is 2. The lowest BCUT2D eigenvalue weighted by atomic mass is 10.0. The summed E-state index contributed by atoms with van der Waals surface area (Å²) in [7, 11) is 1.53. The summed E-state index contributed by atoms with van der Waals surface area (Å²) in [5, 5.41) is 5.80. The van der Waals surface area contributed by atoms with Crippen LogP contribution in [0.25, 0.3) is 0 Å². The fourth-order valence-electron chi connectivity index (χ4n) is 3.40. The van der Waals surface area contributed by atoms with E-state index in [-0.39, 0.29) is 11.8 Å². The highest BCUT2D eigenvalue weighted by molar-refractivity contribution is 6.08. The first-order valence-electron chi connectivity index (χ1n) is 9.00. The Hall–Kier alpha value is -2.82. The van der Waals surface area contributed by atoms with Crippen LogP contribution in [0.1, 0.15) is 42.5 Å². The summed E-state index contributed by atoms with van der Waals surface area (Å²) in [4.78, 5) is 24.9. The van der Waals surface area contributed by atoms with E-state index in [9.17, 15) is 9.59 Å². The highest BCUT2D eigenvalue weighted by atomic mass is 16.5. The van der Waals surface area contributed by atoms with E-state index in [2.05, 4.69) is 10.6 Å². The zero-order valence-corrected chi connectivity index (χ0v) is 15.0. The lowest BCUT2D eigenvalue weighted by molar-refractivity contribution is -0.117. The lowest BCUT2D eigenvalue weighted by Gasteiger charge is -2.14. The Bertz CT molecular complexity index is 782. The average Bonchev–Trinajstić information content (AvgIpc) is 3.16. The molecule has 3 rings (SSSR count). The standard InChI is InChI=1S/C21H24N2O3/c1-26-19-13-7-4-10-16(19)21(25)23-18-12-6-5-11-17(18)22-20(24)14-15-8-2-3-9-15/h4-7,10-13,15H,2-3,8-9,14H2,1H3,(H,22,24)(H,23,25). The van der Waals surface area contributed by atoms with Gasteiger partial charge in [0.05, 0.1) is 24.0 Å². The molecule has 0 spiro atoms. The number of anilines is 2. The van der Waals surface area contributed by atoms with Crippen LogP contribution in [0.3, 0.4) is 0 Å². The topological polar surface area (TPSA) is 67.4 Å². The summed E-state index contributed by atoms with van der Waals surface area (Å²) < 4.78 is 5.24. The van der Waals surface area contributed by atoms with Crippen molar-refractivity contribution >= 4 is 23.2 Å². The first-order valence-corrected chi connectivity index (χ1v) is 9.00. The molecule has 1 aliphatic rings. The van der Waals surface area contributed by atoms with Gasteiger partial charge in [-0.2, -0.15) is 0 Å². The number of amides is 2. The number of rotatable bonds is 6. The SMILES string of the molecule is COc1ccccc1C(=O)Nc1ccccc1NC(=O)CC1CCCC1. The Labute approximate surface area is 153 Å². The van der Waals surface area contributed by atoms with Crippen LogP contribution < -0.4 is 15.4 Å². The Morgan fingerprint density at radius 1 is 0.962 bits per heavy atom. The number of benzene rings is 2. The molecule has 2 aromatic carbocycles. The lowest BCUT2D eigenvalue weighted by Crippen LogP contribution is -2.18. The summed E-state index contributed by atoms with van der Waals surface area (Å²) in [6.07, 6.45) is 5.21. The maximum Gasteiger partial charge on any atom is 0.259 e. The van der Waals surface area contributed by atoms with Crippen molar-refractivity contribution in [2.24, 2.45) is 5.92 Å². The predicted molar refractivity (Wildman–Crippen MR) is 103 cm³/mol. The van der Waals surface area contributed by atoms with Gasteiger partial charge in [-0.25, -0.2) is 0 Å². The molecule has 5 heteroatoms. The first kappa shape index (κ1) is 18.0. The summed E-state index contributed by atoms with van der Waals surface area (Å²) in [6, 6.07) is 14.3. The normalized spacial score (nSPS) is 14.0. The molecule has 0 unspecified atom stereocenters. The van der Waals surface area contributed by atoms with Crippen LogP contribution in [0.15, 0.2) is 48.5 Å². The number of hydrogen-bond acceptors (Lipinski definition) is 3. The monoisotopic (exact) mass is 352 g/mol. The number of carbonyl (C=O) groups is 2. The van der Waals surface area contributed by atoms with E-state index in [4.69, 9.17) is 4.74 Å². The minimum Gasteiger partial charge on any atom is -0.496 e. The Balaban J connectivity index is 1.70. The fraction of sp³-hybridized carbons (Fsp3) is 0.333. The van der Waals surface area contributed by atoms with Crippen molar-refractivity contribution in [3.05, 3.63) is 54.1 Å². The van der Waals surface area contributed by atoms with Gasteiger partial charge in [-0.15, -0.1) is 0 Å². The highest BCUT2D eigenvalue weighted by Gasteiger charge is 2.19. The maximum atomic E-state index is 12.6. The van der Waals surface area contributed by atoms with Gasteiger partial charge in [-0.05, 0) is 43.0 Å². The molecular formula is C21H24N2O3. The first-order chi connectivity index (χ1) is 12.7. The number of para-hydroxylation sites is 3. The molecule has 0 radical (unpaired) electrons. The Morgan fingerprint density at radius 3 is 2.27 bits per heavy atom. The fourth-order valence-corrected chi connectivity index (χ4v) is 3.40. The van der Waals surface area contributed by atoms with Crippen LogP contribution in [0, 0.1) is 5.92 Å². The summed E-state index contributed by atoms with van der Waals surface area (Å²) in [5.74, 6) is 0.703. The van der Waals surface area contributed by atoms with Gasteiger partial charge >= 0.3 is 0 Å². The minimum absolute atomic E-state index is 0.00380. The largest absolute Gasteiger partial charge is 0.496 e. The number of nitrogens with one attached hydrogen (secondary N) is 2. The van der Waals surface area contributed by atoms with Gasteiger partial charge in [-0.3, -0.25) is 9.59 Å². The van der Waals surface area contributed by atoms with E-state index in [0.29, 0.717) is 35.0 Å². The van der Waals surface area contributed by atoms with Gasteiger partial charge < -0.3 is 15.4 Å². The summed E-state index contributed by atoms with van der Waals surface area (Å²) >= 11 is 0. The average molecular weight is 352 g/mol. The van der Waals surface area contributed by atoms with Crippen molar-refractivity contribution in [1.82, 2.24) is 0 Å². The molecule has 1 fully saturated rings. The second kappa shape index (κ2) is 8.52. The molecule has 0 atom stereocenters. The van der Waals surface area contributed by atoms with Crippen molar-refractivity contribution < 1.29 is 14.3 Å². The Morgan fingerprint density at radius 2 is 1.58 bits per heavy atom. The third-order valence-corrected chi connectivity index (χ3v) is 4.75. The maximum absolute atomic E-state index is 12.6. The second-order valence-corrected chi connectivity index (χ2v) is 6.60. The van der Waals surface area contributed by atoms with Crippen LogP contribution in [0.4, 0.5) is 11.4 Å². The predicted octanol–water partition coefficient (Wildman–Crippen LogP) is 4.47. The third kappa shape index (κ3) is 4.42. The molecule has 2 aromatic rings. The number of hydrogen-bond donors (Lipinski definition) is 2. The number of methoxy groups -OCH3 is 1. The van der Waals surface area contributed by atoms with Crippen molar-refractivity contribution in [1.29, 1.82) is 0 Å². The van der Waals surface area contributed by atoms with Gasteiger partial charge in [0.15, 0.2) is 0 Å². The minimum atomic E-state index is -0.278. The molecule has 1 saturated carbocycles. The van der Waals surface area contributed by atoms with E-state index in [0.717, 1.165) is 12.8 Å². The van der Waals surface area contributed by atoms with E-state index in [1.807, 2.05) is 18.2 Å². The van der Waals surface area contributed by atoms with Crippen LogP contribution in [0.2, 0.25) is 0 Å². The highest BCUT2D eigenvalue weighted by Crippen LogP contribution is 2.29. The molecule has 0 saturated heterocycles. The zero-order chi connectivity index (χ0) is 18.4. The van der Waals surface area contributed by atoms with Gasteiger partial charge in [0.25, 0.3) is 5.91 Å². The van der Waals surface area contributed by atoms with Crippen LogP contribution in [-0.4, -0.2) is 18.9 Å². The van der Waals surface area contributed by atoms with Gasteiger partial charge in [0, 0.05) is 6.42 Å². The summed E-state index contributed by atoms with van der Waals surface area (Å²) in [6.45, 7) is 0. The van der Waals surface area contributed by atoms with Crippen molar-refractivity contribution in [2.45, 2.75) is 32.1 Å². The van der Waals surface area contributed by atoms with Crippen LogP contribution >= 0.6 is 0 Å². The van der Waals surface area contributed by atoms with E-state index < -0.39 is 0 Å².